The molecule has 1 aromatic carbocycles. The van der Waals surface area contributed by atoms with Crippen LogP contribution in [0.5, 0.6) is 0 Å². The second kappa shape index (κ2) is 3.95. The van der Waals surface area contributed by atoms with Gasteiger partial charge in [-0.2, -0.15) is 5.26 Å². The molecule has 2 heteroatoms. The molecule has 11 heavy (non-hydrogen) atoms. The Labute approximate surface area is 74.1 Å². The molecule has 1 aromatic rings. The lowest BCUT2D eigenvalue weighted by Gasteiger charge is -1.93. The lowest BCUT2D eigenvalue weighted by Crippen LogP contribution is -1.78. The van der Waals surface area contributed by atoms with Gasteiger partial charge in [-0.3, -0.25) is 0 Å². The summed E-state index contributed by atoms with van der Waals surface area (Å²) in [5.41, 5.74) is 1.63. The highest BCUT2D eigenvalue weighted by Gasteiger charge is 1.93. The number of hydrogen-bond donors (Lipinski definition) is 0. The third-order valence-corrected chi connectivity index (χ3v) is 1.59. The van der Waals surface area contributed by atoms with Crippen LogP contribution < -0.4 is 0 Å². The Bertz CT molecular complexity index is 310. The fourth-order valence-corrected chi connectivity index (χ4v) is 1.10. The maximum Gasteiger partial charge on any atom is 0.0997 e. The minimum absolute atomic E-state index is 0.697. The molecule has 0 bridgehead atoms. The largest absolute Gasteiger partial charge is 0.192 e. The average Bonchev–Trinajstić information content (AvgIpc) is 2.06. The molecule has 0 spiro atoms. The quantitative estimate of drug-likeness (QED) is 0.695. The van der Waals surface area contributed by atoms with Crippen LogP contribution >= 0.6 is 15.9 Å². The molecule has 0 amide bonds. The summed E-state index contributed by atoms with van der Waals surface area (Å²) < 4.78 is 0. The number of rotatable bonds is 1. The summed E-state index contributed by atoms with van der Waals surface area (Å²) in [6.45, 7) is 0. The Morgan fingerprint density at radius 2 is 2.09 bits per heavy atom. The predicted octanol–water partition coefficient (Wildman–Crippen LogP) is 2.92. The number of halogens is 1. The summed E-state index contributed by atoms with van der Waals surface area (Å²) in [6.07, 6.45) is 1.85. The first kappa shape index (κ1) is 8.03. The van der Waals surface area contributed by atoms with Crippen LogP contribution in [-0.4, -0.2) is 0 Å². The van der Waals surface area contributed by atoms with E-state index in [0.717, 1.165) is 5.56 Å². The van der Waals surface area contributed by atoms with Crippen molar-refractivity contribution < 1.29 is 0 Å². The van der Waals surface area contributed by atoms with Gasteiger partial charge in [-0.05, 0) is 22.7 Å². The Balaban J connectivity index is 3.15. The maximum absolute atomic E-state index is 8.65. The van der Waals surface area contributed by atoms with Crippen molar-refractivity contribution in [2.24, 2.45) is 0 Å². The molecule has 0 fully saturated rings. The van der Waals surface area contributed by atoms with E-state index in [0.29, 0.717) is 5.56 Å². The minimum Gasteiger partial charge on any atom is -0.192 e. The SMILES string of the molecule is N#Cc1ccccc1C=CBr. The molecule has 0 aliphatic heterocycles. The monoisotopic (exact) mass is 207 g/mol. The normalized spacial score (nSPS) is 9.82. The van der Waals surface area contributed by atoms with Crippen LogP contribution in [0.3, 0.4) is 0 Å². The van der Waals surface area contributed by atoms with Gasteiger partial charge in [-0.15, -0.1) is 0 Å². The third kappa shape index (κ3) is 1.92. The van der Waals surface area contributed by atoms with Crippen LogP contribution in [0, 0.1) is 11.3 Å². The van der Waals surface area contributed by atoms with Crippen molar-refractivity contribution in [1.29, 1.82) is 5.26 Å². The lowest BCUT2D eigenvalue weighted by molar-refractivity contribution is 1.47. The molecule has 0 radical (unpaired) electrons. The summed E-state index contributed by atoms with van der Waals surface area (Å²) in [6, 6.07) is 9.56. The van der Waals surface area contributed by atoms with E-state index in [4.69, 9.17) is 5.26 Å². The first-order valence-corrected chi connectivity index (χ1v) is 4.06. The van der Waals surface area contributed by atoms with Gasteiger partial charge in [0.05, 0.1) is 11.6 Å². The molecule has 0 aliphatic carbocycles. The van der Waals surface area contributed by atoms with Gasteiger partial charge in [-0.25, -0.2) is 0 Å². The van der Waals surface area contributed by atoms with Crippen LogP contribution in [0.15, 0.2) is 29.3 Å². The van der Waals surface area contributed by atoms with Crippen molar-refractivity contribution in [3.8, 4) is 6.07 Å². The zero-order chi connectivity index (χ0) is 8.10. The molecule has 0 saturated heterocycles. The summed E-state index contributed by atoms with van der Waals surface area (Å²) >= 11 is 3.16. The molecule has 1 nitrogen and oxygen atoms in total. The van der Waals surface area contributed by atoms with Gasteiger partial charge in [-0.1, -0.05) is 34.1 Å². The second-order valence-electron chi connectivity index (χ2n) is 1.99. The molecule has 0 atom stereocenters. The molecule has 0 heterocycles. The molecular weight excluding hydrogens is 202 g/mol. The average molecular weight is 208 g/mol. The van der Waals surface area contributed by atoms with Crippen LogP contribution in [0.1, 0.15) is 11.1 Å². The first-order valence-electron chi connectivity index (χ1n) is 3.14. The highest BCUT2D eigenvalue weighted by molar-refractivity contribution is 9.11. The van der Waals surface area contributed by atoms with Gasteiger partial charge in [0.1, 0.15) is 0 Å². The fraction of sp³-hybridized carbons (Fsp3) is 0. The number of benzene rings is 1. The highest BCUT2D eigenvalue weighted by atomic mass is 79.9. The Kier molecular flexibility index (Phi) is 2.88. The maximum atomic E-state index is 8.65. The summed E-state index contributed by atoms with van der Waals surface area (Å²) in [4.78, 5) is 1.74. The van der Waals surface area contributed by atoms with Crippen molar-refractivity contribution in [1.82, 2.24) is 0 Å². The van der Waals surface area contributed by atoms with Crippen LogP contribution in [-0.2, 0) is 0 Å². The first-order chi connectivity index (χ1) is 5.38. The van der Waals surface area contributed by atoms with Crippen molar-refractivity contribution in [3.05, 3.63) is 40.4 Å². The molecule has 0 N–H and O–H groups in total. The van der Waals surface area contributed by atoms with E-state index in [2.05, 4.69) is 22.0 Å². The van der Waals surface area contributed by atoms with Crippen LogP contribution in [0.2, 0.25) is 0 Å². The Hall–Kier alpha value is -1.07. The van der Waals surface area contributed by atoms with Gasteiger partial charge >= 0.3 is 0 Å². The molecule has 0 aromatic heterocycles. The summed E-state index contributed by atoms with van der Waals surface area (Å²) in [5.74, 6) is 0. The smallest absolute Gasteiger partial charge is 0.0997 e. The summed E-state index contributed by atoms with van der Waals surface area (Å²) in [7, 11) is 0. The molecule has 0 unspecified atom stereocenters. The lowest BCUT2D eigenvalue weighted by atomic mass is 10.1. The van der Waals surface area contributed by atoms with Gasteiger partial charge < -0.3 is 0 Å². The predicted molar refractivity (Wildman–Crippen MR) is 49.1 cm³/mol. The number of nitrogens with zero attached hydrogens (tertiary/aromatic N) is 1. The van der Waals surface area contributed by atoms with Crippen molar-refractivity contribution >= 4 is 22.0 Å². The van der Waals surface area contributed by atoms with E-state index in [1.54, 1.807) is 11.1 Å². The molecular formula is C9H6BrN. The van der Waals surface area contributed by atoms with Gasteiger partial charge in [0, 0.05) is 0 Å². The van der Waals surface area contributed by atoms with E-state index < -0.39 is 0 Å². The minimum atomic E-state index is 0.697. The van der Waals surface area contributed by atoms with Crippen LogP contribution in [0.4, 0.5) is 0 Å². The van der Waals surface area contributed by atoms with E-state index in [1.807, 2.05) is 24.3 Å². The van der Waals surface area contributed by atoms with E-state index in [-0.39, 0.29) is 0 Å². The van der Waals surface area contributed by atoms with Crippen LogP contribution in [0.25, 0.3) is 6.08 Å². The van der Waals surface area contributed by atoms with Crippen molar-refractivity contribution in [3.63, 3.8) is 0 Å². The Morgan fingerprint density at radius 1 is 1.36 bits per heavy atom. The standard InChI is InChI=1S/C9H6BrN/c10-6-5-8-3-1-2-4-9(8)7-11/h1-6H. The number of hydrogen-bond acceptors (Lipinski definition) is 1. The third-order valence-electron chi connectivity index (χ3n) is 1.32. The highest BCUT2D eigenvalue weighted by Crippen LogP contribution is 2.09. The topological polar surface area (TPSA) is 23.8 Å². The van der Waals surface area contributed by atoms with Gasteiger partial charge in [0.2, 0.25) is 0 Å². The molecule has 1 rings (SSSR count). The van der Waals surface area contributed by atoms with E-state index in [1.165, 1.54) is 0 Å². The molecule has 0 saturated carbocycles. The molecule has 54 valence electrons. The van der Waals surface area contributed by atoms with Crippen molar-refractivity contribution in [2.75, 3.05) is 0 Å². The Morgan fingerprint density at radius 3 is 2.73 bits per heavy atom. The van der Waals surface area contributed by atoms with Crippen molar-refractivity contribution in [2.45, 2.75) is 0 Å². The zero-order valence-electron chi connectivity index (χ0n) is 5.79. The van der Waals surface area contributed by atoms with E-state index in [9.17, 15) is 0 Å². The number of nitriles is 1. The molecule has 0 aliphatic rings. The summed E-state index contributed by atoms with van der Waals surface area (Å²) in [5, 5.41) is 8.65. The van der Waals surface area contributed by atoms with Gasteiger partial charge in [0.25, 0.3) is 0 Å². The fourth-order valence-electron chi connectivity index (χ4n) is 0.812. The zero-order valence-corrected chi connectivity index (χ0v) is 7.38. The second-order valence-corrected chi connectivity index (χ2v) is 2.52. The van der Waals surface area contributed by atoms with Gasteiger partial charge in [0.15, 0.2) is 0 Å². The van der Waals surface area contributed by atoms with E-state index >= 15 is 0 Å².